The smallest absolute Gasteiger partial charge is 0.0634 e. The zero-order valence-electron chi connectivity index (χ0n) is 8.67. The van der Waals surface area contributed by atoms with Crippen molar-refractivity contribution in [3.05, 3.63) is 45.9 Å². The summed E-state index contributed by atoms with van der Waals surface area (Å²) in [5.41, 5.74) is 2.41. The highest BCUT2D eigenvalue weighted by Crippen LogP contribution is 2.35. The zero-order valence-corrected chi connectivity index (χ0v) is 11.0. The van der Waals surface area contributed by atoms with Gasteiger partial charge in [-0.25, -0.2) is 0 Å². The standard InChI is InChI=1S/C13H9BrClN/c1-16-12-5-3-2-4-9(12)10-6-8(15)7-11(14)13(10)16/h2-7H,1H3. The summed E-state index contributed by atoms with van der Waals surface area (Å²) >= 11 is 9.67. The van der Waals surface area contributed by atoms with Gasteiger partial charge in [0.25, 0.3) is 0 Å². The number of hydrogen-bond acceptors (Lipinski definition) is 0. The van der Waals surface area contributed by atoms with Crippen LogP contribution in [0.1, 0.15) is 0 Å². The second-order valence-corrected chi connectivity index (χ2v) is 5.15. The van der Waals surface area contributed by atoms with Crippen molar-refractivity contribution in [2.75, 3.05) is 0 Å². The molecule has 0 spiro atoms. The molecule has 0 amide bonds. The second-order valence-electron chi connectivity index (χ2n) is 3.86. The van der Waals surface area contributed by atoms with Gasteiger partial charge >= 0.3 is 0 Å². The van der Waals surface area contributed by atoms with Crippen LogP contribution in [0.25, 0.3) is 21.8 Å². The molecule has 0 bridgehead atoms. The molecule has 1 heterocycles. The first-order chi connectivity index (χ1) is 7.68. The zero-order chi connectivity index (χ0) is 11.3. The molecule has 0 N–H and O–H groups in total. The van der Waals surface area contributed by atoms with Crippen molar-refractivity contribution in [3.63, 3.8) is 0 Å². The minimum atomic E-state index is 0.760. The third-order valence-corrected chi connectivity index (χ3v) is 3.74. The average molecular weight is 295 g/mol. The van der Waals surface area contributed by atoms with Crippen LogP contribution in [0.15, 0.2) is 40.9 Å². The van der Waals surface area contributed by atoms with E-state index in [1.54, 1.807) is 0 Å². The highest BCUT2D eigenvalue weighted by atomic mass is 79.9. The molecule has 80 valence electrons. The van der Waals surface area contributed by atoms with Gasteiger partial charge in [0.2, 0.25) is 0 Å². The molecule has 0 saturated carbocycles. The Balaban J connectivity index is 2.67. The van der Waals surface area contributed by atoms with Crippen molar-refractivity contribution >= 4 is 49.3 Å². The number of aryl methyl sites for hydroxylation is 1. The van der Waals surface area contributed by atoms with Crippen LogP contribution in [0.3, 0.4) is 0 Å². The Kier molecular flexibility index (Phi) is 2.23. The van der Waals surface area contributed by atoms with Gasteiger partial charge in [-0.3, -0.25) is 0 Å². The van der Waals surface area contributed by atoms with Crippen LogP contribution in [0.5, 0.6) is 0 Å². The molecule has 3 rings (SSSR count). The molecule has 0 fully saturated rings. The maximum atomic E-state index is 6.09. The third-order valence-electron chi connectivity index (χ3n) is 2.92. The minimum absolute atomic E-state index is 0.760. The summed E-state index contributed by atoms with van der Waals surface area (Å²) in [6, 6.07) is 12.3. The summed E-state index contributed by atoms with van der Waals surface area (Å²) in [6.07, 6.45) is 0. The van der Waals surface area contributed by atoms with Crippen molar-refractivity contribution in [2.45, 2.75) is 0 Å². The highest BCUT2D eigenvalue weighted by Gasteiger charge is 2.10. The van der Waals surface area contributed by atoms with E-state index in [2.05, 4.69) is 51.8 Å². The molecule has 3 aromatic rings. The van der Waals surface area contributed by atoms with Gasteiger partial charge in [0.1, 0.15) is 0 Å². The van der Waals surface area contributed by atoms with Gasteiger partial charge in [0, 0.05) is 32.8 Å². The molecule has 0 aliphatic heterocycles. The lowest BCUT2D eigenvalue weighted by Crippen LogP contribution is -1.86. The van der Waals surface area contributed by atoms with E-state index >= 15 is 0 Å². The van der Waals surface area contributed by atoms with Gasteiger partial charge in [-0.05, 0) is 34.1 Å². The number of halogens is 2. The van der Waals surface area contributed by atoms with E-state index in [0.29, 0.717) is 0 Å². The second kappa shape index (κ2) is 3.51. The Hall–Kier alpha value is -0.990. The van der Waals surface area contributed by atoms with Crippen LogP contribution < -0.4 is 0 Å². The summed E-state index contributed by atoms with van der Waals surface area (Å²) in [6.45, 7) is 0. The van der Waals surface area contributed by atoms with E-state index in [1.165, 1.54) is 21.8 Å². The van der Waals surface area contributed by atoms with Gasteiger partial charge in [-0.2, -0.15) is 0 Å². The molecule has 16 heavy (non-hydrogen) atoms. The van der Waals surface area contributed by atoms with Crippen LogP contribution in [0, 0.1) is 0 Å². The molecule has 1 aromatic heterocycles. The molecule has 2 aromatic carbocycles. The predicted molar refractivity (Wildman–Crippen MR) is 73.1 cm³/mol. The first-order valence-corrected chi connectivity index (χ1v) is 6.18. The molecule has 0 unspecified atom stereocenters. The Bertz CT molecular complexity index is 700. The summed E-state index contributed by atoms with van der Waals surface area (Å²) in [5, 5.41) is 3.19. The van der Waals surface area contributed by atoms with Crippen molar-refractivity contribution in [1.82, 2.24) is 4.57 Å². The van der Waals surface area contributed by atoms with Crippen LogP contribution in [-0.2, 0) is 7.05 Å². The van der Waals surface area contributed by atoms with Gasteiger partial charge in [-0.15, -0.1) is 0 Å². The van der Waals surface area contributed by atoms with E-state index < -0.39 is 0 Å². The first-order valence-electron chi connectivity index (χ1n) is 5.00. The third kappa shape index (κ3) is 1.30. The van der Waals surface area contributed by atoms with Crippen molar-refractivity contribution in [2.24, 2.45) is 7.05 Å². The quantitative estimate of drug-likeness (QED) is 0.564. The number of para-hydroxylation sites is 1. The lowest BCUT2D eigenvalue weighted by atomic mass is 10.1. The van der Waals surface area contributed by atoms with Gasteiger partial charge < -0.3 is 4.57 Å². The molecule has 0 aliphatic carbocycles. The minimum Gasteiger partial charge on any atom is -0.343 e. The van der Waals surface area contributed by atoms with Gasteiger partial charge in [0.05, 0.1) is 5.52 Å². The molecule has 0 saturated heterocycles. The number of aromatic nitrogens is 1. The summed E-state index contributed by atoms with van der Waals surface area (Å²) in [4.78, 5) is 0. The van der Waals surface area contributed by atoms with E-state index in [1.807, 2.05) is 12.1 Å². The van der Waals surface area contributed by atoms with Crippen LogP contribution in [0.4, 0.5) is 0 Å². The predicted octanol–water partition coefficient (Wildman–Crippen LogP) is 4.75. The van der Waals surface area contributed by atoms with Crippen molar-refractivity contribution in [1.29, 1.82) is 0 Å². The van der Waals surface area contributed by atoms with E-state index in [4.69, 9.17) is 11.6 Å². The lowest BCUT2D eigenvalue weighted by Gasteiger charge is -2.00. The van der Waals surface area contributed by atoms with Crippen molar-refractivity contribution in [3.8, 4) is 0 Å². The van der Waals surface area contributed by atoms with Crippen LogP contribution in [0.2, 0.25) is 5.02 Å². The number of benzene rings is 2. The number of hydrogen-bond donors (Lipinski definition) is 0. The summed E-state index contributed by atoms with van der Waals surface area (Å²) < 4.78 is 3.22. The number of fused-ring (bicyclic) bond motifs is 3. The van der Waals surface area contributed by atoms with Crippen LogP contribution >= 0.6 is 27.5 Å². The molecular formula is C13H9BrClN. The van der Waals surface area contributed by atoms with Crippen LogP contribution in [-0.4, -0.2) is 4.57 Å². The lowest BCUT2D eigenvalue weighted by molar-refractivity contribution is 1.01. The molecular weight excluding hydrogens is 286 g/mol. The molecule has 0 aliphatic rings. The Morgan fingerprint density at radius 2 is 1.88 bits per heavy atom. The Morgan fingerprint density at radius 1 is 1.12 bits per heavy atom. The van der Waals surface area contributed by atoms with Gasteiger partial charge in [-0.1, -0.05) is 29.8 Å². The van der Waals surface area contributed by atoms with E-state index in [-0.39, 0.29) is 0 Å². The fraction of sp³-hybridized carbons (Fsp3) is 0.0769. The van der Waals surface area contributed by atoms with Crippen molar-refractivity contribution < 1.29 is 0 Å². The molecule has 0 atom stereocenters. The molecule has 0 radical (unpaired) electrons. The van der Waals surface area contributed by atoms with E-state index in [0.717, 1.165) is 9.50 Å². The summed E-state index contributed by atoms with van der Waals surface area (Å²) in [7, 11) is 2.07. The topological polar surface area (TPSA) is 4.93 Å². The highest BCUT2D eigenvalue weighted by molar-refractivity contribution is 9.10. The fourth-order valence-electron chi connectivity index (χ4n) is 2.23. The Morgan fingerprint density at radius 3 is 2.69 bits per heavy atom. The SMILES string of the molecule is Cn1c2ccccc2c2cc(Cl)cc(Br)c21. The maximum Gasteiger partial charge on any atom is 0.0634 e. The molecule has 3 heteroatoms. The monoisotopic (exact) mass is 293 g/mol. The molecule has 1 nitrogen and oxygen atoms in total. The van der Waals surface area contributed by atoms with Gasteiger partial charge in [0.15, 0.2) is 0 Å². The van der Waals surface area contributed by atoms with E-state index in [9.17, 15) is 0 Å². The average Bonchev–Trinajstić information content (AvgIpc) is 2.54. The summed E-state index contributed by atoms with van der Waals surface area (Å²) in [5.74, 6) is 0. The fourth-order valence-corrected chi connectivity index (χ4v) is 3.30. The number of rotatable bonds is 0. The Labute approximate surface area is 107 Å². The maximum absolute atomic E-state index is 6.09. The first kappa shape index (κ1) is 10.2. The number of nitrogens with zero attached hydrogens (tertiary/aromatic N) is 1. The normalized spacial score (nSPS) is 11.4. The largest absolute Gasteiger partial charge is 0.343 e.